The van der Waals surface area contributed by atoms with Gasteiger partial charge in [-0.25, -0.2) is 12.8 Å². The van der Waals surface area contributed by atoms with Gasteiger partial charge in [-0.15, -0.1) is 0 Å². The number of methoxy groups -OCH3 is 1. The molecule has 1 fully saturated rings. The Bertz CT molecular complexity index is 937. The molecule has 1 aliphatic rings. The van der Waals surface area contributed by atoms with Crippen LogP contribution in [0.5, 0.6) is 5.75 Å². The second-order valence-corrected chi connectivity index (χ2v) is 8.63. The molecule has 0 atom stereocenters. The molecule has 1 aliphatic carbocycles. The van der Waals surface area contributed by atoms with Crippen LogP contribution in [0, 0.1) is 11.7 Å². The number of halogens is 1. The second-order valence-electron chi connectivity index (χ2n) is 6.60. The van der Waals surface area contributed by atoms with Crippen molar-refractivity contribution in [1.29, 1.82) is 0 Å². The molecule has 1 saturated carbocycles. The third-order valence-corrected chi connectivity index (χ3v) is 6.43. The zero-order valence-corrected chi connectivity index (χ0v) is 15.5. The standard InChI is InChI=1S/C19H20FNO5S/c1-26-18-7-6-16(27(24,25)11-12-8-15(22)9-12)10-17(18)19(23)21-14-4-2-13(20)3-5-14/h2-7,10,12,15,22H,8-9,11H2,1H3,(H,21,23). The molecule has 1 amide bonds. The van der Waals surface area contributed by atoms with Crippen molar-refractivity contribution in [3.8, 4) is 5.75 Å². The molecular formula is C19H20FNO5S. The Kier molecular flexibility index (Phi) is 5.48. The first kappa shape index (κ1) is 19.3. The van der Waals surface area contributed by atoms with Gasteiger partial charge in [-0.2, -0.15) is 0 Å². The van der Waals surface area contributed by atoms with Crippen LogP contribution < -0.4 is 10.1 Å². The van der Waals surface area contributed by atoms with E-state index in [-0.39, 0.29) is 27.9 Å². The van der Waals surface area contributed by atoms with E-state index >= 15 is 0 Å². The molecule has 2 aromatic carbocycles. The summed E-state index contributed by atoms with van der Waals surface area (Å²) in [5.41, 5.74) is 0.441. The van der Waals surface area contributed by atoms with E-state index < -0.39 is 27.7 Å². The molecule has 0 saturated heterocycles. The number of anilines is 1. The molecule has 27 heavy (non-hydrogen) atoms. The Morgan fingerprint density at radius 3 is 2.48 bits per heavy atom. The van der Waals surface area contributed by atoms with Gasteiger partial charge < -0.3 is 15.2 Å². The summed E-state index contributed by atoms with van der Waals surface area (Å²) < 4.78 is 43.4. The number of aliphatic hydroxyl groups is 1. The summed E-state index contributed by atoms with van der Waals surface area (Å²) in [5.74, 6) is -0.916. The first-order valence-electron chi connectivity index (χ1n) is 8.44. The zero-order chi connectivity index (χ0) is 19.6. The predicted molar refractivity (Wildman–Crippen MR) is 98.1 cm³/mol. The SMILES string of the molecule is COc1ccc(S(=O)(=O)CC2CC(O)C2)cc1C(=O)Nc1ccc(F)cc1. The largest absolute Gasteiger partial charge is 0.496 e. The summed E-state index contributed by atoms with van der Waals surface area (Å²) in [7, 11) is -2.22. The molecule has 8 heteroatoms. The van der Waals surface area contributed by atoms with Gasteiger partial charge in [-0.3, -0.25) is 4.79 Å². The minimum Gasteiger partial charge on any atom is -0.496 e. The van der Waals surface area contributed by atoms with Crippen LogP contribution in [0.1, 0.15) is 23.2 Å². The van der Waals surface area contributed by atoms with Gasteiger partial charge in [0.25, 0.3) is 5.91 Å². The number of rotatable bonds is 6. The maximum absolute atomic E-state index is 13.0. The highest BCUT2D eigenvalue weighted by molar-refractivity contribution is 7.91. The lowest BCUT2D eigenvalue weighted by molar-refractivity contribution is 0.0526. The van der Waals surface area contributed by atoms with E-state index in [4.69, 9.17) is 4.74 Å². The number of benzene rings is 2. The number of sulfone groups is 1. The van der Waals surface area contributed by atoms with Gasteiger partial charge in [0.05, 0.1) is 29.4 Å². The number of amides is 1. The average molecular weight is 393 g/mol. The zero-order valence-electron chi connectivity index (χ0n) is 14.7. The Balaban J connectivity index is 1.84. The highest BCUT2D eigenvalue weighted by Crippen LogP contribution is 2.31. The summed E-state index contributed by atoms with van der Waals surface area (Å²) in [6.45, 7) is 0. The Morgan fingerprint density at radius 2 is 1.89 bits per heavy atom. The monoisotopic (exact) mass is 393 g/mol. The van der Waals surface area contributed by atoms with Crippen LogP contribution in [-0.2, 0) is 9.84 Å². The van der Waals surface area contributed by atoms with Crippen molar-refractivity contribution in [1.82, 2.24) is 0 Å². The lowest BCUT2D eigenvalue weighted by Crippen LogP contribution is -2.33. The van der Waals surface area contributed by atoms with E-state index in [0.717, 1.165) is 0 Å². The van der Waals surface area contributed by atoms with Gasteiger partial charge in [-0.1, -0.05) is 0 Å². The van der Waals surface area contributed by atoms with Crippen LogP contribution in [0.15, 0.2) is 47.4 Å². The van der Waals surface area contributed by atoms with E-state index in [0.29, 0.717) is 18.5 Å². The minimum atomic E-state index is -3.60. The van der Waals surface area contributed by atoms with Crippen LogP contribution >= 0.6 is 0 Å². The molecule has 144 valence electrons. The fraction of sp³-hybridized carbons (Fsp3) is 0.316. The van der Waals surface area contributed by atoms with Gasteiger partial charge in [0.2, 0.25) is 0 Å². The van der Waals surface area contributed by atoms with Crippen molar-refractivity contribution in [3.63, 3.8) is 0 Å². The van der Waals surface area contributed by atoms with Crippen LogP contribution in [0.4, 0.5) is 10.1 Å². The number of hydrogen-bond acceptors (Lipinski definition) is 5. The molecule has 0 bridgehead atoms. The molecule has 2 aromatic rings. The van der Waals surface area contributed by atoms with Crippen LogP contribution in [-0.4, -0.2) is 38.4 Å². The number of ether oxygens (including phenoxy) is 1. The highest BCUT2D eigenvalue weighted by Gasteiger charge is 2.32. The van der Waals surface area contributed by atoms with Crippen molar-refractivity contribution >= 4 is 21.4 Å². The van der Waals surface area contributed by atoms with Crippen molar-refractivity contribution < 1.29 is 27.4 Å². The van der Waals surface area contributed by atoms with Crippen molar-refractivity contribution in [2.45, 2.75) is 23.8 Å². The topological polar surface area (TPSA) is 92.7 Å². The molecule has 0 radical (unpaired) electrons. The van der Waals surface area contributed by atoms with Crippen molar-refractivity contribution in [2.24, 2.45) is 5.92 Å². The van der Waals surface area contributed by atoms with Crippen molar-refractivity contribution in [3.05, 3.63) is 53.8 Å². The van der Waals surface area contributed by atoms with Gasteiger partial charge in [0.15, 0.2) is 9.84 Å². The number of nitrogens with one attached hydrogen (secondary N) is 1. The third-order valence-electron chi connectivity index (χ3n) is 4.54. The maximum Gasteiger partial charge on any atom is 0.259 e. The summed E-state index contributed by atoms with van der Waals surface area (Å²) in [4.78, 5) is 12.6. The number of aliphatic hydroxyl groups excluding tert-OH is 1. The predicted octanol–water partition coefficient (Wildman–Crippen LogP) is 2.63. The smallest absolute Gasteiger partial charge is 0.259 e. The first-order chi connectivity index (χ1) is 12.8. The first-order valence-corrected chi connectivity index (χ1v) is 10.1. The van der Waals surface area contributed by atoms with E-state index in [2.05, 4.69) is 5.32 Å². The Hall–Kier alpha value is -2.45. The summed E-state index contributed by atoms with van der Waals surface area (Å²) in [5, 5.41) is 11.9. The fourth-order valence-electron chi connectivity index (χ4n) is 3.03. The number of carbonyl (C=O) groups excluding carboxylic acids is 1. The molecule has 0 unspecified atom stereocenters. The molecule has 3 rings (SSSR count). The van der Waals surface area contributed by atoms with E-state index in [1.54, 1.807) is 0 Å². The van der Waals surface area contributed by atoms with Crippen molar-refractivity contribution in [2.75, 3.05) is 18.2 Å². The molecule has 2 N–H and O–H groups in total. The molecule has 0 heterocycles. The third kappa shape index (κ3) is 4.45. The lowest BCUT2D eigenvalue weighted by atomic mass is 9.84. The van der Waals surface area contributed by atoms with Gasteiger partial charge in [0.1, 0.15) is 11.6 Å². The summed E-state index contributed by atoms with van der Waals surface area (Å²) >= 11 is 0. The van der Waals surface area contributed by atoms with Gasteiger partial charge >= 0.3 is 0 Å². The summed E-state index contributed by atoms with van der Waals surface area (Å²) in [6.07, 6.45) is 0.499. The van der Waals surface area contributed by atoms with Gasteiger partial charge in [0, 0.05) is 5.69 Å². The second kappa shape index (κ2) is 7.66. The Morgan fingerprint density at radius 1 is 1.22 bits per heavy atom. The maximum atomic E-state index is 13.0. The van der Waals surface area contributed by atoms with Gasteiger partial charge in [-0.05, 0) is 61.2 Å². The number of hydrogen-bond donors (Lipinski definition) is 2. The van der Waals surface area contributed by atoms with Crippen LogP contribution in [0.25, 0.3) is 0 Å². The molecule has 0 aromatic heterocycles. The minimum absolute atomic E-state index is 0.0222. The van der Waals surface area contributed by atoms with Crippen LogP contribution in [0.2, 0.25) is 0 Å². The molecular weight excluding hydrogens is 373 g/mol. The molecule has 6 nitrogen and oxygen atoms in total. The number of carbonyl (C=O) groups is 1. The molecule has 0 aliphatic heterocycles. The summed E-state index contributed by atoms with van der Waals surface area (Å²) in [6, 6.07) is 9.34. The van der Waals surface area contributed by atoms with E-state index in [1.807, 2.05) is 0 Å². The highest BCUT2D eigenvalue weighted by atomic mass is 32.2. The molecule has 0 spiro atoms. The lowest BCUT2D eigenvalue weighted by Gasteiger charge is -2.30. The normalized spacial score (nSPS) is 19.2. The van der Waals surface area contributed by atoms with E-state index in [1.165, 1.54) is 49.6 Å². The van der Waals surface area contributed by atoms with Crippen LogP contribution in [0.3, 0.4) is 0 Å². The Labute approximate surface area is 156 Å². The van der Waals surface area contributed by atoms with E-state index in [9.17, 15) is 22.7 Å². The average Bonchev–Trinajstić information content (AvgIpc) is 2.61. The quantitative estimate of drug-likeness (QED) is 0.787. The fourth-order valence-corrected chi connectivity index (χ4v) is 4.69.